The van der Waals surface area contributed by atoms with Gasteiger partial charge in [-0.2, -0.15) is 5.10 Å². The number of nitrogens with one attached hydrogen (secondary N) is 2. The summed E-state index contributed by atoms with van der Waals surface area (Å²) in [6, 6.07) is 15.5. The molecule has 0 unspecified atom stereocenters. The van der Waals surface area contributed by atoms with Crippen LogP contribution >= 0.6 is 0 Å². The molecular weight excluding hydrogens is 281 g/mol. The van der Waals surface area contributed by atoms with E-state index in [2.05, 4.69) is 15.5 Å². The third-order valence-electron chi connectivity index (χ3n) is 3.34. The predicted molar refractivity (Wildman–Crippen MR) is 83.1 cm³/mol. The van der Waals surface area contributed by atoms with Crippen molar-refractivity contribution in [1.29, 1.82) is 0 Å². The molecule has 5 heteroatoms. The molecule has 2 N–H and O–H groups in total. The second-order valence-electron chi connectivity index (χ2n) is 4.95. The highest BCUT2D eigenvalue weighted by Gasteiger charge is 2.12. The molecule has 0 spiro atoms. The van der Waals surface area contributed by atoms with E-state index in [0.29, 0.717) is 17.1 Å². The lowest BCUT2D eigenvalue weighted by molar-refractivity contribution is 0.102. The van der Waals surface area contributed by atoms with Gasteiger partial charge in [-0.1, -0.05) is 36.4 Å². The van der Waals surface area contributed by atoms with Crippen molar-refractivity contribution in [1.82, 2.24) is 10.2 Å². The van der Waals surface area contributed by atoms with E-state index in [0.717, 1.165) is 11.1 Å². The number of aryl methyl sites for hydroxylation is 1. The van der Waals surface area contributed by atoms with Crippen LogP contribution in [0.4, 0.5) is 10.1 Å². The molecule has 0 aliphatic rings. The van der Waals surface area contributed by atoms with Gasteiger partial charge in [0, 0.05) is 11.3 Å². The number of carbonyl (C=O) groups is 1. The van der Waals surface area contributed by atoms with Crippen LogP contribution in [0.3, 0.4) is 0 Å². The van der Waals surface area contributed by atoms with E-state index in [1.54, 1.807) is 19.1 Å². The number of benzene rings is 2. The summed E-state index contributed by atoms with van der Waals surface area (Å²) < 4.78 is 13.3. The maximum atomic E-state index is 13.3. The van der Waals surface area contributed by atoms with Gasteiger partial charge in [0.2, 0.25) is 0 Å². The Kier molecular flexibility index (Phi) is 3.70. The van der Waals surface area contributed by atoms with Crippen LogP contribution < -0.4 is 5.32 Å². The summed E-state index contributed by atoms with van der Waals surface area (Å²) in [5.74, 6) is -0.751. The van der Waals surface area contributed by atoms with Crippen LogP contribution in [0.15, 0.2) is 54.6 Å². The van der Waals surface area contributed by atoms with Crippen LogP contribution in [-0.4, -0.2) is 16.1 Å². The summed E-state index contributed by atoms with van der Waals surface area (Å²) in [5.41, 5.74) is 3.15. The fourth-order valence-electron chi connectivity index (χ4n) is 2.11. The molecule has 1 heterocycles. The van der Waals surface area contributed by atoms with Gasteiger partial charge in [-0.25, -0.2) is 4.39 Å². The summed E-state index contributed by atoms with van der Waals surface area (Å²) in [4.78, 5) is 12.2. The SMILES string of the molecule is Cc1ccc(F)cc1NC(=O)c1cc(-c2ccccc2)n[nH]1. The fraction of sp³-hybridized carbons (Fsp3) is 0.0588. The normalized spacial score (nSPS) is 10.5. The van der Waals surface area contributed by atoms with Gasteiger partial charge in [0.05, 0.1) is 5.69 Å². The molecule has 0 fully saturated rings. The first kappa shape index (κ1) is 14.0. The highest BCUT2D eigenvalue weighted by molar-refractivity contribution is 6.03. The van der Waals surface area contributed by atoms with Gasteiger partial charge in [-0.3, -0.25) is 9.89 Å². The molecule has 0 aliphatic carbocycles. The highest BCUT2D eigenvalue weighted by Crippen LogP contribution is 2.19. The topological polar surface area (TPSA) is 57.8 Å². The van der Waals surface area contributed by atoms with E-state index >= 15 is 0 Å². The van der Waals surface area contributed by atoms with Crippen LogP contribution in [0.2, 0.25) is 0 Å². The molecule has 2 aromatic carbocycles. The number of anilines is 1. The number of hydrogen-bond donors (Lipinski definition) is 2. The van der Waals surface area contributed by atoms with Crippen LogP contribution in [-0.2, 0) is 0 Å². The molecule has 3 aromatic rings. The molecule has 1 aromatic heterocycles. The lowest BCUT2D eigenvalue weighted by atomic mass is 10.1. The number of aromatic amines is 1. The lowest BCUT2D eigenvalue weighted by Gasteiger charge is -2.06. The van der Waals surface area contributed by atoms with Crippen LogP contribution in [0.25, 0.3) is 11.3 Å². The first-order valence-corrected chi connectivity index (χ1v) is 6.82. The van der Waals surface area contributed by atoms with Crippen molar-refractivity contribution in [3.63, 3.8) is 0 Å². The molecule has 0 saturated carbocycles. The third kappa shape index (κ3) is 2.88. The molecular formula is C17H14FN3O. The molecule has 0 bridgehead atoms. The third-order valence-corrected chi connectivity index (χ3v) is 3.34. The first-order chi connectivity index (χ1) is 10.6. The molecule has 1 amide bonds. The maximum Gasteiger partial charge on any atom is 0.273 e. The van der Waals surface area contributed by atoms with Gasteiger partial charge in [0.15, 0.2) is 0 Å². The lowest BCUT2D eigenvalue weighted by Crippen LogP contribution is -2.13. The Morgan fingerprint density at radius 1 is 1.14 bits per heavy atom. The van der Waals surface area contributed by atoms with Gasteiger partial charge in [0.25, 0.3) is 5.91 Å². The minimum Gasteiger partial charge on any atom is -0.320 e. The molecule has 0 saturated heterocycles. The van der Waals surface area contributed by atoms with Crippen LogP contribution in [0.5, 0.6) is 0 Å². The van der Waals surface area contributed by atoms with Crippen LogP contribution in [0, 0.1) is 12.7 Å². The monoisotopic (exact) mass is 295 g/mol. The van der Waals surface area contributed by atoms with Gasteiger partial charge < -0.3 is 5.32 Å². The number of rotatable bonds is 3. The Bertz CT molecular complexity index is 812. The zero-order valence-electron chi connectivity index (χ0n) is 11.9. The number of halogens is 1. The minimum atomic E-state index is -0.393. The zero-order valence-corrected chi connectivity index (χ0v) is 11.9. The molecule has 4 nitrogen and oxygen atoms in total. The van der Waals surface area contributed by atoms with Crippen molar-refractivity contribution in [3.8, 4) is 11.3 Å². The van der Waals surface area contributed by atoms with E-state index in [4.69, 9.17) is 0 Å². The van der Waals surface area contributed by atoms with E-state index < -0.39 is 5.82 Å². The molecule has 3 rings (SSSR count). The van der Waals surface area contributed by atoms with Crippen molar-refractivity contribution in [3.05, 3.63) is 71.7 Å². The number of nitrogens with zero attached hydrogens (tertiary/aromatic N) is 1. The summed E-state index contributed by atoms with van der Waals surface area (Å²) in [6.07, 6.45) is 0. The number of aromatic nitrogens is 2. The molecule has 22 heavy (non-hydrogen) atoms. The smallest absolute Gasteiger partial charge is 0.273 e. The first-order valence-electron chi connectivity index (χ1n) is 6.82. The van der Waals surface area contributed by atoms with Gasteiger partial charge in [0.1, 0.15) is 11.5 Å². The highest BCUT2D eigenvalue weighted by atomic mass is 19.1. The van der Waals surface area contributed by atoms with Gasteiger partial charge in [-0.15, -0.1) is 0 Å². The second-order valence-corrected chi connectivity index (χ2v) is 4.95. The number of carbonyl (C=O) groups excluding carboxylic acids is 1. The Labute approximate surface area is 127 Å². The Morgan fingerprint density at radius 3 is 2.68 bits per heavy atom. The van der Waals surface area contributed by atoms with Crippen molar-refractivity contribution < 1.29 is 9.18 Å². The largest absolute Gasteiger partial charge is 0.320 e. The fourth-order valence-corrected chi connectivity index (χ4v) is 2.11. The van der Waals surface area contributed by atoms with E-state index in [1.165, 1.54) is 12.1 Å². The summed E-state index contributed by atoms with van der Waals surface area (Å²) in [7, 11) is 0. The molecule has 0 radical (unpaired) electrons. The Balaban J connectivity index is 1.81. The van der Waals surface area contributed by atoms with Crippen molar-refractivity contribution >= 4 is 11.6 Å². The molecule has 0 aliphatic heterocycles. The Hall–Kier alpha value is -2.95. The van der Waals surface area contributed by atoms with Crippen molar-refractivity contribution in [2.24, 2.45) is 0 Å². The number of hydrogen-bond acceptors (Lipinski definition) is 2. The van der Waals surface area contributed by atoms with Crippen molar-refractivity contribution in [2.75, 3.05) is 5.32 Å². The standard InChI is InChI=1S/C17H14FN3O/c1-11-7-8-13(18)9-14(11)19-17(22)16-10-15(20-21-16)12-5-3-2-4-6-12/h2-10H,1H3,(H,19,22)(H,20,21). The van der Waals surface area contributed by atoms with Crippen LogP contribution in [0.1, 0.15) is 16.1 Å². The predicted octanol–water partition coefficient (Wildman–Crippen LogP) is 3.78. The van der Waals surface area contributed by atoms with E-state index in [9.17, 15) is 9.18 Å². The average Bonchev–Trinajstić information content (AvgIpc) is 3.02. The van der Waals surface area contributed by atoms with Gasteiger partial charge >= 0.3 is 0 Å². The average molecular weight is 295 g/mol. The number of amides is 1. The number of H-pyrrole nitrogens is 1. The molecule has 0 atom stereocenters. The summed E-state index contributed by atoms with van der Waals surface area (Å²) in [5, 5.41) is 9.51. The molecule has 110 valence electrons. The quantitative estimate of drug-likeness (QED) is 0.772. The second kappa shape index (κ2) is 5.81. The van der Waals surface area contributed by atoms with Gasteiger partial charge in [-0.05, 0) is 30.7 Å². The summed E-state index contributed by atoms with van der Waals surface area (Å²) in [6.45, 7) is 1.80. The Morgan fingerprint density at radius 2 is 1.91 bits per heavy atom. The maximum absolute atomic E-state index is 13.3. The van der Waals surface area contributed by atoms with E-state index in [-0.39, 0.29) is 5.91 Å². The van der Waals surface area contributed by atoms with Crippen molar-refractivity contribution in [2.45, 2.75) is 6.92 Å². The summed E-state index contributed by atoms with van der Waals surface area (Å²) >= 11 is 0. The minimum absolute atomic E-state index is 0.322. The van der Waals surface area contributed by atoms with E-state index in [1.807, 2.05) is 30.3 Å². The zero-order chi connectivity index (χ0) is 15.5.